The molecule has 19 heavy (non-hydrogen) atoms. The van der Waals surface area contributed by atoms with Gasteiger partial charge in [-0.05, 0) is 19.8 Å². The van der Waals surface area contributed by atoms with Gasteiger partial charge in [-0.1, -0.05) is 5.16 Å². The Morgan fingerprint density at radius 3 is 2.84 bits per heavy atom. The SMILES string of the molecule is CCOC(=O)C1CCN(C(=O)Nc2ccno2)CC1. The van der Waals surface area contributed by atoms with Gasteiger partial charge in [0.15, 0.2) is 0 Å². The molecule has 0 spiro atoms. The highest BCUT2D eigenvalue weighted by Gasteiger charge is 2.28. The van der Waals surface area contributed by atoms with Crippen LogP contribution in [0.3, 0.4) is 0 Å². The van der Waals surface area contributed by atoms with E-state index in [2.05, 4.69) is 10.5 Å². The highest BCUT2D eigenvalue weighted by Crippen LogP contribution is 2.19. The number of amides is 2. The van der Waals surface area contributed by atoms with Crippen LogP contribution in [0.15, 0.2) is 16.8 Å². The summed E-state index contributed by atoms with van der Waals surface area (Å²) >= 11 is 0. The number of carbonyl (C=O) groups is 2. The lowest BCUT2D eigenvalue weighted by atomic mass is 9.97. The van der Waals surface area contributed by atoms with Crippen LogP contribution in [0.1, 0.15) is 19.8 Å². The van der Waals surface area contributed by atoms with Gasteiger partial charge in [0.1, 0.15) is 0 Å². The molecule has 1 aliphatic heterocycles. The molecular formula is C12H17N3O4. The number of urea groups is 1. The molecule has 0 atom stereocenters. The van der Waals surface area contributed by atoms with Crippen LogP contribution in [0.4, 0.5) is 10.7 Å². The van der Waals surface area contributed by atoms with Gasteiger partial charge in [-0.25, -0.2) is 4.79 Å². The summed E-state index contributed by atoms with van der Waals surface area (Å²) in [4.78, 5) is 25.1. The zero-order chi connectivity index (χ0) is 13.7. The standard InChI is InChI=1S/C12H17N3O4/c1-2-18-11(16)9-4-7-15(8-5-9)12(17)14-10-3-6-13-19-10/h3,6,9H,2,4-5,7-8H2,1H3,(H,14,17). The summed E-state index contributed by atoms with van der Waals surface area (Å²) < 4.78 is 9.78. The fraction of sp³-hybridized carbons (Fsp3) is 0.583. The second-order valence-electron chi connectivity index (χ2n) is 4.32. The summed E-state index contributed by atoms with van der Waals surface area (Å²) in [5.41, 5.74) is 0. The number of rotatable bonds is 3. The molecule has 2 rings (SSSR count). The molecule has 0 unspecified atom stereocenters. The lowest BCUT2D eigenvalue weighted by Crippen LogP contribution is -2.42. The molecule has 104 valence electrons. The monoisotopic (exact) mass is 267 g/mol. The molecule has 1 aromatic rings. The van der Waals surface area contributed by atoms with Crippen LogP contribution in [0.5, 0.6) is 0 Å². The van der Waals surface area contributed by atoms with Gasteiger partial charge >= 0.3 is 12.0 Å². The predicted molar refractivity (Wildman–Crippen MR) is 66.5 cm³/mol. The number of hydrogen-bond acceptors (Lipinski definition) is 5. The number of hydrogen-bond donors (Lipinski definition) is 1. The summed E-state index contributed by atoms with van der Waals surface area (Å²) in [6, 6.07) is 1.34. The van der Waals surface area contributed by atoms with Crippen molar-refractivity contribution >= 4 is 17.9 Å². The molecular weight excluding hydrogens is 250 g/mol. The minimum Gasteiger partial charge on any atom is -0.466 e. The van der Waals surface area contributed by atoms with Crippen LogP contribution in [-0.2, 0) is 9.53 Å². The maximum Gasteiger partial charge on any atom is 0.324 e. The zero-order valence-corrected chi connectivity index (χ0v) is 10.8. The molecule has 1 saturated heterocycles. The molecule has 0 bridgehead atoms. The third-order valence-corrected chi connectivity index (χ3v) is 3.07. The van der Waals surface area contributed by atoms with Crippen LogP contribution < -0.4 is 5.32 Å². The van der Waals surface area contributed by atoms with Crippen molar-refractivity contribution in [2.75, 3.05) is 25.0 Å². The molecule has 0 aliphatic carbocycles. The van der Waals surface area contributed by atoms with Crippen molar-refractivity contribution in [1.82, 2.24) is 10.1 Å². The lowest BCUT2D eigenvalue weighted by molar-refractivity contribution is -0.149. The maximum atomic E-state index is 11.9. The highest BCUT2D eigenvalue weighted by molar-refractivity contribution is 5.88. The van der Waals surface area contributed by atoms with Crippen molar-refractivity contribution < 1.29 is 18.8 Å². The number of likely N-dealkylation sites (tertiary alicyclic amines) is 1. The summed E-state index contributed by atoms with van der Waals surface area (Å²) in [5, 5.41) is 6.11. The first-order valence-corrected chi connectivity index (χ1v) is 6.34. The summed E-state index contributed by atoms with van der Waals surface area (Å²) in [5.74, 6) is 0.0459. The van der Waals surface area contributed by atoms with Crippen LogP contribution in [0.25, 0.3) is 0 Å². The van der Waals surface area contributed by atoms with Crippen LogP contribution >= 0.6 is 0 Å². The van der Waals surface area contributed by atoms with Crippen LogP contribution in [0.2, 0.25) is 0 Å². The van der Waals surface area contributed by atoms with Gasteiger partial charge in [0.25, 0.3) is 0 Å². The molecule has 7 heteroatoms. The van der Waals surface area contributed by atoms with E-state index in [1.165, 1.54) is 6.20 Å². The third-order valence-electron chi connectivity index (χ3n) is 3.07. The van der Waals surface area contributed by atoms with E-state index in [4.69, 9.17) is 9.26 Å². The molecule has 7 nitrogen and oxygen atoms in total. The van der Waals surface area contributed by atoms with Gasteiger partial charge in [-0.15, -0.1) is 0 Å². The van der Waals surface area contributed by atoms with Crippen molar-refractivity contribution in [1.29, 1.82) is 0 Å². The normalized spacial score (nSPS) is 16.2. The Kier molecular flexibility index (Phi) is 4.38. The van der Waals surface area contributed by atoms with Gasteiger partial charge in [0.05, 0.1) is 18.7 Å². The summed E-state index contributed by atoms with van der Waals surface area (Å²) in [7, 11) is 0. The Labute approximate surface area is 110 Å². The summed E-state index contributed by atoms with van der Waals surface area (Å²) in [6.07, 6.45) is 2.72. The molecule has 2 amide bonds. The Bertz CT molecular complexity index is 424. The largest absolute Gasteiger partial charge is 0.466 e. The van der Waals surface area contributed by atoms with Crippen molar-refractivity contribution in [3.05, 3.63) is 12.3 Å². The molecule has 0 saturated carbocycles. The molecule has 1 aromatic heterocycles. The van der Waals surface area contributed by atoms with E-state index in [0.29, 0.717) is 38.4 Å². The number of aromatic nitrogens is 1. The minimum atomic E-state index is -0.237. The second-order valence-corrected chi connectivity index (χ2v) is 4.32. The average molecular weight is 267 g/mol. The number of ether oxygens (including phenoxy) is 1. The fourth-order valence-corrected chi connectivity index (χ4v) is 2.04. The van der Waals surface area contributed by atoms with E-state index < -0.39 is 0 Å². The Morgan fingerprint density at radius 2 is 2.26 bits per heavy atom. The van der Waals surface area contributed by atoms with Crippen molar-refractivity contribution in [2.45, 2.75) is 19.8 Å². The quantitative estimate of drug-likeness (QED) is 0.838. The van der Waals surface area contributed by atoms with E-state index in [-0.39, 0.29) is 17.9 Å². The smallest absolute Gasteiger partial charge is 0.324 e. The van der Waals surface area contributed by atoms with Gasteiger partial charge in [-0.3, -0.25) is 10.1 Å². The lowest BCUT2D eigenvalue weighted by Gasteiger charge is -2.30. The molecule has 1 aliphatic rings. The van der Waals surface area contributed by atoms with E-state index >= 15 is 0 Å². The first-order valence-electron chi connectivity index (χ1n) is 6.34. The maximum absolute atomic E-state index is 11.9. The fourth-order valence-electron chi connectivity index (χ4n) is 2.04. The van der Waals surface area contributed by atoms with E-state index in [1.54, 1.807) is 17.9 Å². The van der Waals surface area contributed by atoms with E-state index in [9.17, 15) is 9.59 Å². The van der Waals surface area contributed by atoms with E-state index in [0.717, 1.165) is 0 Å². The first kappa shape index (κ1) is 13.4. The molecule has 1 N–H and O–H groups in total. The van der Waals surface area contributed by atoms with Gasteiger partial charge in [0, 0.05) is 19.2 Å². The molecule has 0 aromatic carbocycles. The number of piperidine rings is 1. The topological polar surface area (TPSA) is 84.7 Å². The highest BCUT2D eigenvalue weighted by atomic mass is 16.5. The van der Waals surface area contributed by atoms with Gasteiger partial charge in [0.2, 0.25) is 5.88 Å². The first-order chi connectivity index (χ1) is 9.20. The minimum absolute atomic E-state index is 0.103. The Morgan fingerprint density at radius 1 is 1.53 bits per heavy atom. The molecule has 1 fully saturated rings. The second kappa shape index (κ2) is 6.21. The Hall–Kier alpha value is -2.05. The predicted octanol–water partition coefficient (Wildman–Crippen LogP) is 1.48. The molecule has 0 radical (unpaired) electrons. The average Bonchev–Trinajstić information content (AvgIpc) is 2.92. The van der Waals surface area contributed by atoms with E-state index in [1.807, 2.05) is 0 Å². The van der Waals surface area contributed by atoms with Gasteiger partial charge < -0.3 is 14.2 Å². The van der Waals surface area contributed by atoms with Gasteiger partial charge in [-0.2, -0.15) is 0 Å². The summed E-state index contributed by atoms with van der Waals surface area (Å²) in [6.45, 7) is 3.25. The number of nitrogens with one attached hydrogen (secondary N) is 1. The Balaban J connectivity index is 1.79. The zero-order valence-electron chi connectivity index (χ0n) is 10.8. The number of nitrogens with zero attached hydrogens (tertiary/aromatic N) is 2. The number of anilines is 1. The number of carbonyl (C=O) groups excluding carboxylic acids is 2. The van der Waals surface area contributed by atoms with Crippen molar-refractivity contribution in [3.63, 3.8) is 0 Å². The third kappa shape index (κ3) is 3.46. The van der Waals surface area contributed by atoms with Crippen LogP contribution in [-0.4, -0.2) is 41.8 Å². The van der Waals surface area contributed by atoms with Crippen LogP contribution in [0, 0.1) is 5.92 Å². The molecule has 2 heterocycles. The van der Waals surface area contributed by atoms with Crippen molar-refractivity contribution in [2.24, 2.45) is 5.92 Å². The van der Waals surface area contributed by atoms with Crippen molar-refractivity contribution in [3.8, 4) is 0 Å². The number of esters is 1.